The minimum absolute atomic E-state index is 0.0107. The molecule has 0 aliphatic heterocycles. The van der Waals surface area contributed by atoms with Crippen molar-refractivity contribution in [3.05, 3.63) is 81.8 Å². The minimum atomic E-state index is -3.85. The lowest BCUT2D eigenvalue weighted by Gasteiger charge is -2.10. The summed E-state index contributed by atoms with van der Waals surface area (Å²) in [5, 5.41) is 3.84. The average molecular weight is 486 g/mol. The van der Waals surface area contributed by atoms with Gasteiger partial charge in [0.25, 0.3) is 15.9 Å². The zero-order chi connectivity index (χ0) is 21.7. The van der Waals surface area contributed by atoms with Crippen molar-refractivity contribution in [1.29, 1.82) is 0 Å². The molecule has 10 heteroatoms. The first-order chi connectivity index (χ1) is 14.2. The Morgan fingerprint density at radius 3 is 2.00 bits per heavy atom. The molecule has 1 amide bonds. The van der Waals surface area contributed by atoms with Crippen LogP contribution < -0.4 is 14.8 Å². The molecule has 0 aromatic heterocycles. The summed E-state index contributed by atoms with van der Waals surface area (Å²) < 4.78 is 32.8. The molecular weight excluding hydrogens is 471 g/mol. The molecule has 3 aromatic carbocycles. The van der Waals surface area contributed by atoms with Gasteiger partial charge in [-0.2, -0.15) is 0 Å². The van der Waals surface area contributed by atoms with Gasteiger partial charge in [-0.3, -0.25) is 9.52 Å². The van der Waals surface area contributed by atoms with Crippen LogP contribution in [0, 0.1) is 0 Å². The van der Waals surface area contributed by atoms with Crippen LogP contribution in [0.3, 0.4) is 0 Å². The lowest BCUT2D eigenvalue weighted by molar-refractivity contribution is -0.118. The molecule has 0 aliphatic carbocycles. The molecule has 2 N–H and O–H groups in total. The van der Waals surface area contributed by atoms with Crippen molar-refractivity contribution in [3.8, 4) is 5.75 Å². The van der Waals surface area contributed by atoms with Crippen LogP contribution in [0.2, 0.25) is 15.1 Å². The summed E-state index contributed by atoms with van der Waals surface area (Å²) in [6.45, 7) is -0.242. The molecular formula is C20H15Cl3N2O4S. The maximum atomic E-state index is 12.5. The van der Waals surface area contributed by atoms with Gasteiger partial charge < -0.3 is 10.1 Å². The number of carbonyl (C=O) groups excluding carboxylic acids is 1. The van der Waals surface area contributed by atoms with E-state index < -0.39 is 10.0 Å². The number of ether oxygens (including phenoxy) is 1. The number of rotatable bonds is 7. The van der Waals surface area contributed by atoms with Gasteiger partial charge in [0, 0.05) is 20.8 Å². The number of carbonyl (C=O) groups is 1. The number of benzene rings is 3. The van der Waals surface area contributed by atoms with Gasteiger partial charge in [0.1, 0.15) is 5.75 Å². The highest BCUT2D eigenvalue weighted by Gasteiger charge is 2.15. The van der Waals surface area contributed by atoms with Crippen molar-refractivity contribution < 1.29 is 17.9 Å². The second kappa shape index (κ2) is 9.57. The van der Waals surface area contributed by atoms with Gasteiger partial charge in [-0.15, -0.1) is 0 Å². The summed E-state index contributed by atoms with van der Waals surface area (Å²) in [6, 6.07) is 16.7. The summed E-state index contributed by atoms with van der Waals surface area (Å²) in [5.74, 6) is -0.0282. The Hall–Kier alpha value is -2.45. The summed E-state index contributed by atoms with van der Waals surface area (Å²) >= 11 is 17.6. The first-order valence-corrected chi connectivity index (χ1v) is 11.1. The van der Waals surface area contributed by atoms with Crippen molar-refractivity contribution in [2.75, 3.05) is 16.6 Å². The third-order valence-corrected chi connectivity index (χ3v) is 5.83. The summed E-state index contributed by atoms with van der Waals surface area (Å²) in [4.78, 5) is 12.0. The normalized spacial score (nSPS) is 11.0. The number of sulfonamides is 1. The van der Waals surface area contributed by atoms with Gasteiger partial charge >= 0.3 is 0 Å². The van der Waals surface area contributed by atoms with Crippen molar-refractivity contribution in [2.24, 2.45) is 0 Å². The van der Waals surface area contributed by atoms with E-state index in [0.717, 1.165) is 0 Å². The van der Waals surface area contributed by atoms with Gasteiger partial charge in [-0.05, 0) is 66.7 Å². The highest BCUT2D eigenvalue weighted by atomic mass is 35.5. The minimum Gasteiger partial charge on any atom is -0.484 e. The Labute approximate surface area is 188 Å². The Morgan fingerprint density at radius 1 is 0.800 bits per heavy atom. The third-order valence-electron chi connectivity index (χ3n) is 3.75. The highest BCUT2D eigenvalue weighted by Crippen LogP contribution is 2.25. The average Bonchev–Trinajstić information content (AvgIpc) is 2.67. The third kappa shape index (κ3) is 6.27. The van der Waals surface area contributed by atoms with Crippen LogP contribution in [0.5, 0.6) is 5.75 Å². The van der Waals surface area contributed by atoms with E-state index in [1.165, 1.54) is 42.5 Å². The first-order valence-electron chi connectivity index (χ1n) is 8.48. The van der Waals surface area contributed by atoms with Crippen molar-refractivity contribution in [2.45, 2.75) is 4.90 Å². The van der Waals surface area contributed by atoms with E-state index in [-0.39, 0.29) is 23.1 Å². The molecule has 0 atom stereocenters. The van der Waals surface area contributed by atoms with Crippen LogP contribution in [0.1, 0.15) is 0 Å². The molecule has 0 saturated heterocycles. The predicted molar refractivity (Wildman–Crippen MR) is 119 cm³/mol. The fraction of sp³-hybridized carbons (Fsp3) is 0.0500. The van der Waals surface area contributed by atoms with E-state index >= 15 is 0 Å². The van der Waals surface area contributed by atoms with Crippen molar-refractivity contribution >= 4 is 62.1 Å². The van der Waals surface area contributed by atoms with Gasteiger partial charge in [0.05, 0.1) is 10.6 Å². The van der Waals surface area contributed by atoms with Gasteiger partial charge in [-0.25, -0.2) is 8.42 Å². The molecule has 6 nitrogen and oxygen atoms in total. The second-order valence-corrected chi connectivity index (χ2v) is 9.07. The number of amides is 1. The number of hydrogen-bond donors (Lipinski definition) is 2. The van der Waals surface area contributed by atoms with Gasteiger partial charge in [-0.1, -0.05) is 34.8 Å². The van der Waals surface area contributed by atoms with Crippen LogP contribution in [-0.4, -0.2) is 20.9 Å². The van der Waals surface area contributed by atoms with Crippen molar-refractivity contribution in [3.63, 3.8) is 0 Å². The van der Waals surface area contributed by atoms with Gasteiger partial charge in [0.2, 0.25) is 0 Å². The molecule has 3 rings (SSSR count). The molecule has 156 valence electrons. The molecule has 3 aromatic rings. The van der Waals surface area contributed by atoms with Crippen LogP contribution in [0.15, 0.2) is 71.6 Å². The molecule has 0 bridgehead atoms. The van der Waals surface area contributed by atoms with Crippen LogP contribution in [0.25, 0.3) is 0 Å². The van der Waals surface area contributed by atoms with Crippen LogP contribution in [0.4, 0.5) is 11.4 Å². The summed E-state index contributed by atoms with van der Waals surface area (Å²) in [5.41, 5.74) is 0.827. The van der Waals surface area contributed by atoms with Crippen LogP contribution in [-0.2, 0) is 14.8 Å². The number of nitrogens with one attached hydrogen (secondary N) is 2. The maximum Gasteiger partial charge on any atom is 0.262 e. The van der Waals surface area contributed by atoms with E-state index in [9.17, 15) is 13.2 Å². The highest BCUT2D eigenvalue weighted by molar-refractivity contribution is 7.92. The Kier molecular flexibility index (Phi) is 7.10. The predicted octanol–water partition coefficient (Wildman–Crippen LogP) is 5.47. The zero-order valence-electron chi connectivity index (χ0n) is 15.2. The molecule has 30 heavy (non-hydrogen) atoms. The molecule has 0 spiro atoms. The Morgan fingerprint density at radius 2 is 1.40 bits per heavy atom. The van der Waals surface area contributed by atoms with Crippen LogP contribution >= 0.6 is 34.8 Å². The quantitative estimate of drug-likeness (QED) is 0.465. The number of hydrogen-bond acceptors (Lipinski definition) is 4. The van der Waals surface area contributed by atoms with E-state index in [2.05, 4.69) is 10.0 Å². The summed E-state index contributed by atoms with van der Waals surface area (Å²) in [7, 11) is -3.85. The molecule has 0 unspecified atom stereocenters. The fourth-order valence-electron chi connectivity index (χ4n) is 2.42. The fourth-order valence-corrected chi connectivity index (χ4v) is 4.11. The number of halogens is 3. The SMILES string of the molecule is O=C(COc1ccc(S(=O)(=O)Nc2cc(Cl)cc(Cl)c2)cc1)Nc1ccc(Cl)cc1. The molecule has 0 saturated carbocycles. The van der Waals surface area contributed by atoms with Crippen molar-refractivity contribution in [1.82, 2.24) is 0 Å². The Balaban J connectivity index is 1.59. The largest absolute Gasteiger partial charge is 0.484 e. The molecule has 0 radical (unpaired) electrons. The monoisotopic (exact) mass is 484 g/mol. The molecule has 0 aliphatic rings. The zero-order valence-corrected chi connectivity index (χ0v) is 18.3. The molecule has 0 fully saturated rings. The second-order valence-electron chi connectivity index (χ2n) is 6.08. The lowest BCUT2D eigenvalue weighted by atomic mass is 10.3. The summed E-state index contributed by atoms with van der Waals surface area (Å²) in [6.07, 6.45) is 0. The standard InChI is InChI=1S/C20H15Cl3N2O4S/c21-13-1-3-16(4-2-13)24-20(26)12-29-18-5-7-19(8-6-18)30(27,28)25-17-10-14(22)9-15(23)11-17/h1-11,25H,12H2,(H,24,26). The van der Waals surface area contributed by atoms with Gasteiger partial charge in [0.15, 0.2) is 6.61 Å². The first kappa shape index (κ1) is 22.2. The van der Waals surface area contributed by atoms with E-state index in [1.54, 1.807) is 24.3 Å². The number of anilines is 2. The molecule has 0 heterocycles. The Bertz CT molecular complexity index is 1130. The van der Waals surface area contributed by atoms with E-state index in [0.29, 0.717) is 26.5 Å². The van der Waals surface area contributed by atoms with E-state index in [4.69, 9.17) is 39.5 Å². The smallest absolute Gasteiger partial charge is 0.262 e. The topological polar surface area (TPSA) is 84.5 Å². The maximum absolute atomic E-state index is 12.5. The lowest BCUT2D eigenvalue weighted by Crippen LogP contribution is -2.20. The van der Waals surface area contributed by atoms with E-state index in [1.807, 2.05) is 0 Å².